The first-order valence-corrected chi connectivity index (χ1v) is 4.15. The van der Waals surface area contributed by atoms with Crippen LogP contribution in [0.25, 0.3) is 0 Å². The molecule has 0 heterocycles. The van der Waals surface area contributed by atoms with Crippen LogP contribution in [0.1, 0.15) is 6.42 Å². The van der Waals surface area contributed by atoms with Gasteiger partial charge in [0.25, 0.3) is 0 Å². The van der Waals surface area contributed by atoms with Crippen molar-refractivity contribution in [1.29, 1.82) is 0 Å². The van der Waals surface area contributed by atoms with Gasteiger partial charge in [-0.15, -0.1) is 0 Å². The summed E-state index contributed by atoms with van der Waals surface area (Å²) in [6.45, 7) is 0.168. The number of rotatable bonds is 5. The van der Waals surface area contributed by atoms with E-state index in [2.05, 4.69) is 0 Å². The molecule has 66 valence electrons. The summed E-state index contributed by atoms with van der Waals surface area (Å²) in [7, 11) is 0. The first kappa shape index (κ1) is 11.2. The number of hydrogen-bond acceptors (Lipinski definition) is 5. The van der Waals surface area contributed by atoms with E-state index in [9.17, 15) is 4.79 Å². The fourth-order valence-corrected chi connectivity index (χ4v) is 0.834. The molecule has 0 amide bonds. The predicted octanol–water partition coefficient (Wildman–Crippen LogP) is -0.995. The maximum absolute atomic E-state index is 10.5. The van der Waals surface area contributed by atoms with Crippen LogP contribution >= 0.6 is 22.6 Å². The summed E-state index contributed by atoms with van der Waals surface area (Å²) in [5, 5.41) is 17.2. The van der Waals surface area contributed by atoms with Gasteiger partial charge in [0, 0.05) is 35.2 Å². The SMILES string of the molecule is N[C@H](CNO)C[C@@H](O)C(=O)I. The Bertz CT molecular complexity index is 133. The predicted molar refractivity (Wildman–Crippen MR) is 47.4 cm³/mol. The average Bonchev–Trinajstić information content (AvgIpc) is 1.87. The van der Waals surface area contributed by atoms with Gasteiger partial charge in [-0.25, -0.2) is 5.48 Å². The molecule has 0 aromatic heterocycles. The Hall–Kier alpha value is 0.240. The molecule has 0 aromatic rings. The normalized spacial score (nSPS) is 16.0. The van der Waals surface area contributed by atoms with E-state index in [1.807, 2.05) is 5.48 Å². The molecule has 2 atom stereocenters. The Morgan fingerprint density at radius 2 is 2.27 bits per heavy atom. The first-order valence-electron chi connectivity index (χ1n) is 3.08. The van der Waals surface area contributed by atoms with E-state index in [1.165, 1.54) is 22.6 Å². The van der Waals surface area contributed by atoms with Crippen LogP contribution in [0.3, 0.4) is 0 Å². The Balaban J connectivity index is 3.56. The lowest BCUT2D eigenvalue weighted by Gasteiger charge is -2.11. The van der Waals surface area contributed by atoms with Crippen molar-refractivity contribution >= 4 is 26.4 Å². The summed E-state index contributed by atoms with van der Waals surface area (Å²) >= 11 is 1.50. The zero-order valence-corrected chi connectivity index (χ0v) is 7.98. The van der Waals surface area contributed by atoms with E-state index >= 15 is 0 Å². The number of carbonyl (C=O) groups is 1. The van der Waals surface area contributed by atoms with Crippen LogP contribution in [0.5, 0.6) is 0 Å². The van der Waals surface area contributed by atoms with E-state index < -0.39 is 12.1 Å². The van der Waals surface area contributed by atoms with Gasteiger partial charge in [0.1, 0.15) is 6.10 Å². The minimum absolute atomic E-state index is 0.162. The minimum Gasteiger partial charge on any atom is -0.384 e. The molecule has 0 radical (unpaired) electrons. The molecule has 0 aliphatic heterocycles. The summed E-state index contributed by atoms with van der Waals surface area (Å²) in [5.41, 5.74) is 7.25. The number of hydroxylamine groups is 1. The maximum atomic E-state index is 10.5. The highest BCUT2D eigenvalue weighted by Crippen LogP contribution is 2.01. The van der Waals surface area contributed by atoms with Crippen LogP contribution in [0.2, 0.25) is 0 Å². The van der Waals surface area contributed by atoms with Gasteiger partial charge in [0.2, 0.25) is 3.79 Å². The highest BCUT2D eigenvalue weighted by Gasteiger charge is 2.15. The number of aliphatic hydroxyl groups is 1. The number of carbonyl (C=O) groups excluding carboxylic acids is 1. The monoisotopic (exact) mass is 274 g/mol. The number of hydrogen-bond donors (Lipinski definition) is 4. The van der Waals surface area contributed by atoms with E-state index in [1.54, 1.807) is 0 Å². The number of halogens is 1. The molecule has 0 aliphatic rings. The molecule has 5 N–H and O–H groups in total. The Morgan fingerprint density at radius 3 is 2.64 bits per heavy atom. The molecule has 0 bridgehead atoms. The van der Waals surface area contributed by atoms with Crippen molar-refractivity contribution in [2.24, 2.45) is 5.73 Å². The number of aliphatic hydroxyl groups excluding tert-OH is 1. The second-order valence-electron chi connectivity index (χ2n) is 2.18. The minimum atomic E-state index is -1.03. The largest absolute Gasteiger partial charge is 0.384 e. The highest BCUT2D eigenvalue weighted by molar-refractivity contribution is 14.1. The summed E-state index contributed by atoms with van der Waals surface area (Å²) in [4.78, 5) is 10.5. The summed E-state index contributed by atoms with van der Waals surface area (Å²) in [5.74, 6) is 0. The van der Waals surface area contributed by atoms with Crippen molar-refractivity contribution in [2.45, 2.75) is 18.6 Å². The molecule has 0 spiro atoms. The summed E-state index contributed by atoms with van der Waals surface area (Å²) < 4.78 is -0.337. The van der Waals surface area contributed by atoms with Crippen molar-refractivity contribution in [3.05, 3.63) is 0 Å². The molecule has 6 heteroatoms. The molecule has 0 rings (SSSR count). The van der Waals surface area contributed by atoms with Gasteiger partial charge in [-0.3, -0.25) is 4.79 Å². The first-order chi connectivity index (χ1) is 5.07. The second kappa shape index (κ2) is 5.84. The van der Waals surface area contributed by atoms with E-state index in [0.29, 0.717) is 0 Å². The van der Waals surface area contributed by atoms with E-state index in [4.69, 9.17) is 16.0 Å². The lowest BCUT2D eigenvalue weighted by molar-refractivity contribution is -0.117. The smallest absolute Gasteiger partial charge is 0.220 e. The van der Waals surface area contributed by atoms with E-state index in [-0.39, 0.29) is 16.8 Å². The molecular formula is C5H11IN2O3. The van der Waals surface area contributed by atoms with Crippen LogP contribution in [0, 0.1) is 0 Å². The third-order valence-electron chi connectivity index (χ3n) is 1.14. The molecule has 0 unspecified atom stereocenters. The Morgan fingerprint density at radius 1 is 1.73 bits per heavy atom. The number of nitrogens with one attached hydrogen (secondary N) is 1. The zero-order chi connectivity index (χ0) is 8.85. The standard InChI is InChI=1S/C5H11IN2O3/c6-5(10)4(9)1-3(7)2-8-11/h3-4,8-9,11H,1-2,7H2/t3-,4+/m0/s1. The lowest BCUT2D eigenvalue weighted by atomic mass is 10.1. The van der Waals surface area contributed by atoms with Gasteiger partial charge in [-0.2, -0.15) is 0 Å². The van der Waals surface area contributed by atoms with Crippen LogP contribution in [0.15, 0.2) is 0 Å². The van der Waals surface area contributed by atoms with Gasteiger partial charge in [0.05, 0.1) is 0 Å². The van der Waals surface area contributed by atoms with Gasteiger partial charge in [-0.05, 0) is 6.42 Å². The molecule has 5 nitrogen and oxygen atoms in total. The quantitative estimate of drug-likeness (QED) is 0.293. The van der Waals surface area contributed by atoms with Crippen molar-refractivity contribution in [1.82, 2.24) is 5.48 Å². The number of nitrogens with two attached hydrogens (primary N) is 1. The third kappa shape index (κ3) is 5.50. The van der Waals surface area contributed by atoms with Crippen molar-refractivity contribution in [3.8, 4) is 0 Å². The van der Waals surface area contributed by atoms with Gasteiger partial charge < -0.3 is 16.0 Å². The van der Waals surface area contributed by atoms with Crippen LogP contribution in [0.4, 0.5) is 0 Å². The topological polar surface area (TPSA) is 95.6 Å². The highest BCUT2D eigenvalue weighted by atomic mass is 127. The molecule has 0 saturated heterocycles. The summed E-state index contributed by atoms with van der Waals surface area (Å²) in [6, 6.07) is -0.409. The second-order valence-corrected chi connectivity index (χ2v) is 3.24. The molecule has 0 fully saturated rings. The van der Waals surface area contributed by atoms with Crippen LogP contribution in [-0.4, -0.2) is 32.8 Å². The Labute approximate surface area is 78.1 Å². The molecule has 0 saturated carbocycles. The van der Waals surface area contributed by atoms with Crippen LogP contribution < -0.4 is 11.2 Å². The third-order valence-corrected chi connectivity index (χ3v) is 1.86. The molecule has 0 aromatic carbocycles. The molecular weight excluding hydrogens is 263 g/mol. The lowest BCUT2D eigenvalue weighted by Crippen LogP contribution is -2.36. The fraction of sp³-hybridized carbons (Fsp3) is 0.800. The fourth-order valence-electron chi connectivity index (χ4n) is 0.580. The van der Waals surface area contributed by atoms with Gasteiger partial charge in [-0.1, -0.05) is 0 Å². The van der Waals surface area contributed by atoms with Crippen molar-refractivity contribution in [3.63, 3.8) is 0 Å². The summed E-state index contributed by atoms with van der Waals surface area (Å²) in [6.07, 6.45) is -0.867. The molecule has 11 heavy (non-hydrogen) atoms. The van der Waals surface area contributed by atoms with E-state index in [0.717, 1.165) is 0 Å². The van der Waals surface area contributed by atoms with Gasteiger partial charge in [0.15, 0.2) is 0 Å². The van der Waals surface area contributed by atoms with Crippen molar-refractivity contribution in [2.75, 3.05) is 6.54 Å². The van der Waals surface area contributed by atoms with Crippen molar-refractivity contribution < 1.29 is 15.1 Å². The van der Waals surface area contributed by atoms with Crippen LogP contribution in [-0.2, 0) is 4.79 Å². The average molecular weight is 274 g/mol. The molecule has 0 aliphatic carbocycles. The van der Waals surface area contributed by atoms with Gasteiger partial charge >= 0.3 is 0 Å². The maximum Gasteiger partial charge on any atom is 0.220 e. The zero-order valence-electron chi connectivity index (χ0n) is 5.83. The Kier molecular flexibility index (Phi) is 5.96.